The molecule has 0 aromatic heterocycles. The van der Waals surface area contributed by atoms with Crippen LogP contribution in [0.4, 0.5) is 0 Å². The van der Waals surface area contributed by atoms with Crippen LogP contribution in [0.25, 0.3) is 0 Å². The van der Waals surface area contributed by atoms with Crippen molar-refractivity contribution in [2.24, 2.45) is 11.8 Å². The number of hydrogen-bond acceptors (Lipinski definition) is 6. The van der Waals surface area contributed by atoms with Crippen LogP contribution in [0.3, 0.4) is 0 Å². The fraction of sp³-hybridized carbons (Fsp3) is 0.733. The van der Waals surface area contributed by atoms with Crippen molar-refractivity contribution in [3.8, 4) is 0 Å². The average molecular weight is 309 g/mol. The molecule has 7 heteroatoms. The van der Waals surface area contributed by atoms with Crippen molar-refractivity contribution in [2.75, 3.05) is 13.2 Å². The summed E-state index contributed by atoms with van der Waals surface area (Å²) in [6, 6.07) is 0. The smallest absolute Gasteiger partial charge is 0.326 e. The second-order valence-electron chi connectivity index (χ2n) is 6.13. The largest absolute Gasteiger partial charge is 0.464 e. The van der Waals surface area contributed by atoms with Crippen molar-refractivity contribution in [1.82, 2.24) is 4.90 Å². The molecule has 0 unspecified atom stereocenters. The molecule has 3 rings (SSSR count). The van der Waals surface area contributed by atoms with Gasteiger partial charge >= 0.3 is 5.97 Å². The van der Waals surface area contributed by atoms with E-state index in [0.29, 0.717) is 12.8 Å². The van der Waals surface area contributed by atoms with Gasteiger partial charge in [0.15, 0.2) is 0 Å². The van der Waals surface area contributed by atoms with Crippen molar-refractivity contribution in [3.63, 3.8) is 0 Å². The number of nitrogens with zero attached hydrogens (tertiary/aromatic N) is 1. The molecule has 3 saturated heterocycles. The minimum absolute atomic E-state index is 0.0317. The standard InChI is InChI=1S/C15H19NO6/c1-8(17)3-2-6-21-11(18)7-16-14(19)12-9-4-5-10(22-9)13(12)15(16)20/h9-10,12-13H,2-7H2,1H3/t9-,10-,12-,13-/m1/s1. The Morgan fingerprint density at radius 1 is 1.18 bits per heavy atom. The Morgan fingerprint density at radius 2 is 1.77 bits per heavy atom. The van der Waals surface area contributed by atoms with Gasteiger partial charge in [0.1, 0.15) is 12.3 Å². The molecule has 0 aromatic rings. The molecule has 2 bridgehead atoms. The third kappa shape index (κ3) is 2.54. The third-order valence-corrected chi connectivity index (χ3v) is 4.60. The SMILES string of the molecule is CC(=O)CCCOC(=O)CN1C(=O)[C@H]2[C@H](C1=O)[C@H]1CC[C@H]2O1. The summed E-state index contributed by atoms with van der Waals surface area (Å²) in [6.07, 6.45) is 2.04. The molecule has 3 heterocycles. The number of carbonyl (C=O) groups excluding carboxylic acids is 4. The summed E-state index contributed by atoms with van der Waals surface area (Å²) in [6.45, 7) is 1.25. The highest BCUT2D eigenvalue weighted by Crippen LogP contribution is 2.48. The fourth-order valence-electron chi connectivity index (χ4n) is 3.61. The Balaban J connectivity index is 1.53. The number of likely N-dealkylation sites (tertiary alicyclic amines) is 1. The Morgan fingerprint density at radius 3 is 2.32 bits per heavy atom. The second-order valence-corrected chi connectivity index (χ2v) is 6.13. The molecule has 3 fully saturated rings. The van der Waals surface area contributed by atoms with Crippen molar-refractivity contribution in [1.29, 1.82) is 0 Å². The maximum Gasteiger partial charge on any atom is 0.326 e. The van der Waals surface area contributed by atoms with E-state index in [0.717, 1.165) is 17.7 Å². The van der Waals surface area contributed by atoms with Crippen molar-refractivity contribution in [2.45, 2.75) is 44.8 Å². The monoisotopic (exact) mass is 309 g/mol. The zero-order valence-electron chi connectivity index (χ0n) is 12.4. The number of carbonyl (C=O) groups is 4. The number of ketones is 1. The number of amides is 2. The highest BCUT2D eigenvalue weighted by atomic mass is 16.5. The van der Waals surface area contributed by atoms with E-state index in [1.165, 1.54) is 6.92 Å². The number of imide groups is 1. The minimum atomic E-state index is -0.613. The second kappa shape index (κ2) is 5.79. The van der Waals surface area contributed by atoms with Crippen LogP contribution in [0, 0.1) is 11.8 Å². The van der Waals surface area contributed by atoms with Crippen molar-refractivity contribution >= 4 is 23.6 Å². The molecule has 3 aliphatic rings. The molecule has 4 atom stereocenters. The predicted molar refractivity (Wildman–Crippen MR) is 72.5 cm³/mol. The van der Waals surface area contributed by atoms with E-state index >= 15 is 0 Å². The minimum Gasteiger partial charge on any atom is -0.464 e. The molecule has 2 amide bonds. The number of hydrogen-bond donors (Lipinski definition) is 0. The molecule has 0 saturated carbocycles. The highest BCUT2D eigenvalue weighted by molar-refractivity contribution is 6.08. The lowest BCUT2D eigenvalue weighted by atomic mass is 9.81. The van der Waals surface area contributed by atoms with Crippen molar-refractivity contribution < 1.29 is 28.7 Å². The predicted octanol–water partition coefficient (Wildman–Crippen LogP) is 0.0612. The van der Waals surface area contributed by atoms with Gasteiger partial charge in [-0.1, -0.05) is 0 Å². The lowest BCUT2D eigenvalue weighted by molar-refractivity contribution is -0.154. The molecule has 0 radical (unpaired) electrons. The summed E-state index contributed by atoms with van der Waals surface area (Å²) in [5.41, 5.74) is 0. The van der Waals surface area contributed by atoms with Gasteiger partial charge in [0, 0.05) is 6.42 Å². The number of Topliss-reactive ketones (excluding diaryl/α,β-unsaturated/α-hetero) is 1. The zero-order chi connectivity index (χ0) is 15.9. The van der Waals surface area contributed by atoms with Crippen LogP contribution in [0.2, 0.25) is 0 Å². The van der Waals surface area contributed by atoms with Gasteiger partial charge in [-0.15, -0.1) is 0 Å². The topological polar surface area (TPSA) is 90.0 Å². The van der Waals surface area contributed by atoms with Crippen LogP contribution in [0.15, 0.2) is 0 Å². The fourth-order valence-corrected chi connectivity index (χ4v) is 3.61. The van der Waals surface area contributed by atoms with Gasteiger partial charge in [0.05, 0.1) is 30.7 Å². The maximum absolute atomic E-state index is 12.3. The van der Waals surface area contributed by atoms with Gasteiger partial charge < -0.3 is 14.3 Å². The molecule has 3 aliphatic heterocycles. The quantitative estimate of drug-likeness (QED) is 0.391. The highest BCUT2D eigenvalue weighted by Gasteiger charge is 2.62. The van der Waals surface area contributed by atoms with Crippen LogP contribution >= 0.6 is 0 Å². The van der Waals surface area contributed by atoms with E-state index in [2.05, 4.69) is 0 Å². The van der Waals surface area contributed by atoms with Gasteiger partial charge in [-0.25, -0.2) is 0 Å². The number of fused-ring (bicyclic) bond motifs is 5. The molecule has 0 aliphatic carbocycles. The van der Waals surface area contributed by atoms with Crippen LogP contribution in [0.1, 0.15) is 32.6 Å². The van der Waals surface area contributed by atoms with Gasteiger partial charge in [0.25, 0.3) is 0 Å². The van der Waals surface area contributed by atoms with E-state index in [-0.39, 0.29) is 43.0 Å². The van der Waals surface area contributed by atoms with E-state index < -0.39 is 17.8 Å². The molecule has 0 N–H and O–H groups in total. The summed E-state index contributed by atoms with van der Waals surface area (Å²) >= 11 is 0. The van der Waals surface area contributed by atoms with E-state index in [4.69, 9.17) is 9.47 Å². The van der Waals surface area contributed by atoms with Crippen LogP contribution in [0.5, 0.6) is 0 Å². The van der Waals surface area contributed by atoms with Crippen LogP contribution < -0.4 is 0 Å². The Labute approximate surface area is 127 Å². The summed E-state index contributed by atoms with van der Waals surface area (Å²) in [5.74, 6) is -2.05. The van der Waals surface area contributed by atoms with Crippen LogP contribution in [-0.2, 0) is 28.7 Å². The Bertz CT molecular complexity index is 502. The Hall–Kier alpha value is -1.76. The molecule has 22 heavy (non-hydrogen) atoms. The third-order valence-electron chi connectivity index (χ3n) is 4.60. The first-order valence-corrected chi connectivity index (χ1v) is 7.65. The molecular weight excluding hydrogens is 290 g/mol. The average Bonchev–Trinajstić information content (AvgIpc) is 3.13. The number of rotatable bonds is 6. The molecule has 0 aromatic carbocycles. The Kier molecular flexibility index (Phi) is 3.99. The van der Waals surface area contributed by atoms with E-state index in [1.807, 2.05) is 0 Å². The lowest BCUT2D eigenvalue weighted by Crippen LogP contribution is -2.38. The number of ether oxygens (including phenoxy) is 2. The zero-order valence-corrected chi connectivity index (χ0v) is 12.4. The first-order valence-electron chi connectivity index (χ1n) is 7.65. The normalized spacial score (nSPS) is 32.5. The molecule has 0 spiro atoms. The van der Waals surface area contributed by atoms with E-state index in [1.54, 1.807) is 0 Å². The van der Waals surface area contributed by atoms with E-state index in [9.17, 15) is 19.2 Å². The summed E-state index contributed by atoms with van der Waals surface area (Å²) in [7, 11) is 0. The van der Waals surface area contributed by atoms with Crippen molar-refractivity contribution in [3.05, 3.63) is 0 Å². The van der Waals surface area contributed by atoms with Crippen LogP contribution in [-0.4, -0.2) is 53.8 Å². The first-order chi connectivity index (χ1) is 10.5. The number of esters is 1. The van der Waals surface area contributed by atoms with Gasteiger partial charge in [-0.2, -0.15) is 0 Å². The molecular formula is C15H19NO6. The first kappa shape index (κ1) is 15.1. The molecule has 7 nitrogen and oxygen atoms in total. The summed E-state index contributed by atoms with van der Waals surface area (Å²) < 4.78 is 10.6. The maximum atomic E-state index is 12.3. The van der Waals surface area contributed by atoms with Gasteiger partial charge in [-0.3, -0.25) is 19.3 Å². The van der Waals surface area contributed by atoms with Gasteiger partial charge in [0.2, 0.25) is 11.8 Å². The van der Waals surface area contributed by atoms with Gasteiger partial charge in [-0.05, 0) is 26.2 Å². The summed E-state index contributed by atoms with van der Waals surface area (Å²) in [5, 5.41) is 0. The summed E-state index contributed by atoms with van der Waals surface area (Å²) in [4.78, 5) is 48.2. The molecule has 120 valence electrons. The lowest BCUT2D eigenvalue weighted by Gasteiger charge is -2.16.